The number of hydrogen-bond donors (Lipinski definition) is 2. The molecule has 1 aromatic carbocycles. The first-order valence-electron chi connectivity index (χ1n) is 7.42. The Hall–Kier alpha value is -2.68. The van der Waals surface area contributed by atoms with E-state index in [4.69, 9.17) is 5.11 Å². The van der Waals surface area contributed by atoms with E-state index in [1.165, 1.54) is 16.8 Å². The predicted molar refractivity (Wildman–Crippen MR) is 91.8 cm³/mol. The number of aryl methyl sites for hydroxylation is 1. The summed E-state index contributed by atoms with van der Waals surface area (Å²) < 4.78 is 25.0. The molecule has 0 fully saturated rings. The molecule has 0 saturated heterocycles. The molecule has 0 bridgehead atoms. The van der Waals surface area contributed by atoms with Crippen LogP contribution in [0.25, 0.3) is 0 Å². The molecule has 9 heteroatoms. The van der Waals surface area contributed by atoms with E-state index >= 15 is 0 Å². The summed E-state index contributed by atoms with van der Waals surface area (Å²) in [6, 6.07) is 3.49. The lowest BCUT2D eigenvalue weighted by Gasteiger charge is -2.09. The molecule has 1 aromatic heterocycles. The Morgan fingerprint density at radius 1 is 1.24 bits per heavy atom. The number of nitrogens with zero attached hydrogens (tertiary/aromatic N) is 2. The van der Waals surface area contributed by atoms with E-state index in [0.717, 1.165) is 12.3 Å². The quantitative estimate of drug-likeness (QED) is 0.835. The first-order chi connectivity index (χ1) is 11.5. The number of aromatic carboxylic acids is 1. The first kappa shape index (κ1) is 18.7. The Balaban J connectivity index is 2.45. The van der Waals surface area contributed by atoms with E-state index in [2.05, 4.69) is 10.4 Å². The summed E-state index contributed by atoms with van der Waals surface area (Å²) in [5, 5.41) is 15.9. The van der Waals surface area contributed by atoms with Crippen LogP contribution >= 0.6 is 0 Å². The molecule has 0 atom stereocenters. The molecular formula is C16H19N3O5S. The maximum atomic E-state index is 12.5. The van der Waals surface area contributed by atoms with Gasteiger partial charge in [0.15, 0.2) is 9.84 Å². The Labute approximate surface area is 145 Å². The van der Waals surface area contributed by atoms with Gasteiger partial charge < -0.3 is 10.4 Å². The number of aromatic nitrogens is 2. The van der Waals surface area contributed by atoms with Crippen molar-refractivity contribution in [3.05, 3.63) is 41.2 Å². The molecule has 0 radical (unpaired) electrons. The lowest BCUT2D eigenvalue weighted by molar-refractivity contribution is 0.0696. The molecule has 1 heterocycles. The van der Waals surface area contributed by atoms with Gasteiger partial charge in [0.2, 0.25) is 0 Å². The van der Waals surface area contributed by atoms with Crippen molar-refractivity contribution in [1.82, 2.24) is 9.78 Å². The van der Waals surface area contributed by atoms with Crippen molar-refractivity contribution in [1.29, 1.82) is 0 Å². The molecule has 134 valence electrons. The van der Waals surface area contributed by atoms with Gasteiger partial charge in [0, 0.05) is 25.2 Å². The number of carboxylic acids is 1. The topological polar surface area (TPSA) is 118 Å². The molecule has 25 heavy (non-hydrogen) atoms. The summed E-state index contributed by atoms with van der Waals surface area (Å²) in [6.07, 6.45) is 2.53. The van der Waals surface area contributed by atoms with E-state index in [-0.39, 0.29) is 22.1 Å². The Bertz CT molecular complexity index is 945. The number of carboxylic acid groups (broad SMARTS) is 1. The predicted octanol–water partition coefficient (Wildman–Crippen LogP) is 1.90. The smallest absolute Gasteiger partial charge is 0.335 e. The molecule has 2 N–H and O–H groups in total. The number of carbonyl (C=O) groups is 2. The number of nitrogens with one attached hydrogen (secondary N) is 1. The molecule has 1 amide bonds. The second kappa shape index (κ2) is 6.67. The van der Waals surface area contributed by atoms with Gasteiger partial charge in [-0.25, -0.2) is 13.2 Å². The Morgan fingerprint density at radius 2 is 1.88 bits per heavy atom. The third kappa shape index (κ3) is 4.24. The van der Waals surface area contributed by atoms with Crippen molar-refractivity contribution in [3.63, 3.8) is 0 Å². The number of benzene rings is 1. The summed E-state index contributed by atoms with van der Waals surface area (Å²) in [5.74, 6) is -1.76. The third-order valence-corrected chi connectivity index (χ3v) is 4.58. The van der Waals surface area contributed by atoms with Gasteiger partial charge in [-0.2, -0.15) is 5.10 Å². The monoisotopic (exact) mass is 365 g/mol. The minimum atomic E-state index is -3.63. The maximum absolute atomic E-state index is 12.5. The minimum absolute atomic E-state index is 0.0129. The van der Waals surface area contributed by atoms with Crippen LogP contribution in [0.2, 0.25) is 0 Å². The number of hydrogen-bond acceptors (Lipinski definition) is 5. The van der Waals surface area contributed by atoms with Crippen LogP contribution in [-0.4, -0.2) is 41.4 Å². The van der Waals surface area contributed by atoms with E-state index in [1.54, 1.807) is 13.2 Å². The van der Waals surface area contributed by atoms with E-state index in [1.807, 2.05) is 13.8 Å². The molecular weight excluding hydrogens is 346 g/mol. The average molecular weight is 365 g/mol. The van der Waals surface area contributed by atoms with E-state index < -0.39 is 21.7 Å². The molecule has 0 saturated carbocycles. The van der Waals surface area contributed by atoms with Gasteiger partial charge in [-0.3, -0.25) is 9.48 Å². The van der Waals surface area contributed by atoms with E-state index in [9.17, 15) is 18.0 Å². The zero-order valence-corrected chi connectivity index (χ0v) is 15.1. The number of anilines is 1. The SMILES string of the molecule is CC(C)c1nn(C)cc1C(=O)Nc1cc(C(=O)O)cc(S(C)(=O)=O)c1. The van der Waals surface area contributed by atoms with E-state index in [0.29, 0.717) is 11.3 Å². The van der Waals surface area contributed by atoms with Crippen molar-refractivity contribution in [2.75, 3.05) is 11.6 Å². The van der Waals surface area contributed by atoms with Crippen LogP contribution in [0.5, 0.6) is 0 Å². The van der Waals surface area contributed by atoms with Gasteiger partial charge in [-0.1, -0.05) is 13.8 Å². The van der Waals surface area contributed by atoms with Gasteiger partial charge in [0.1, 0.15) is 0 Å². The van der Waals surface area contributed by atoms with Crippen molar-refractivity contribution in [3.8, 4) is 0 Å². The van der Waals surface area contributed by atoms with Crippen LogP contribution in [0.4, 0.5) is 5.69 Å². The summed E-state index contributed by atoms with van der Waals surface area (Å²) in [4.78, 5) is 23.6. The number of carbonyl (C=O) groups excluding carboxylic acids is 1. The zero-order chi connectivity index (χ0) is 18.9. The standard InChI is InChI=1S/C16H19N3O5S/c1-9(2)14-13(8-19(3)18-14)15(20)17-11-5-10(16(21)22)6-12(7-11)25(4,23)24/h5-9H,1-4H3,(H,17,20)(H,21,22). The Kier molecular flexibility index (Phi) is 4.98. The fraction of sp³-hybridized carbons (Fsp3) is 0.312. The van der Waals surface area contributed by atoms with Crippen LogP contribution in [0.15, 0.2) is 29.3 Å². The summed E-state index contributed by atoms with van der Waals surface area (Å²) in [6.45, 7) is 3.79. The average Bonchev–Trinajstić information content (AvgIpc) is 2.88. The zero-order valence-electron chi connectivity index (χ0n) is 14.3. The molecule has 0 spiro atoms. The highest BCUT2D eigenvalue weighted by atomic mass is 32.2. The normalized spacial score (nSPS) is 11.6. The van der Waals surface area contributed by atoms with Gasteiger partial charge in [0.05, 0.1) is 21.7 Å². The van der Waals surface area contributed by atoms with Crippen LogP contribution in [0.1, 0.15) is 46.2 Å². The molecule has 2 aromatic rings. The second-order valence-electron chi connectivity index (χ2n) is 6.03. The third-order valence-electron chi connectivity index (χ3n) is 3.49. The highest BCUT2D eigenvalue weighted by molar-refractivity contribution is 7.90. The fourth-order valence-electron chi connectivity index (χ4n) is 2.31. The fourth-order valence-corrected chi connectivity index (χ4v) is 3.00. The Morgan fingerprint density at radius 3 is 2.40 bits per heavy atom. The molecule has 0 unspecified atom stereocenters. The molecule has 8 nitrogen and oxygen atoms in total. The van der Waals surface area contributed by atoms with Crippen molar-refractivity contribution in [2.24, 2.45) is 7.05 Å². The lowest BCUT2D eigenvalue weighted by Crippen LogP contribution is -2.15. The minimum Gasteiger partial charge on any atom is -0.478 e. The largest absolute Gasteiger partial charge is 0.478 e. The summed E-state index contributed by atoms with van der Waals surface area (Å²) in [7, 11) is -1.94. The summed E-state index contributed by atoms with van der Waals surface area (Å²) >= 11 is 0. The van der Waals surface area contributed by atoms with Crippen LogP contribution in [0, 0.1) is 0 Å². The second-order valence-corrected chi connectivity index (χ2v) is 8.05. The molecule has 2 rings (SSSR count). The number of amides is 1. The first-order valence-corrected chi connectivity index (χ1v) is 9.31. The summed E-state index contributed by atoms with van der Waals surface area (Å²) in [5.41, 5.74) is 0.800. The van der Waals surface area contributed by atoms with Crippen molar-refractivity contribution < 1.29 is 23.1 Å². The van der Waals surface area contributed by atoms with Gasteiger partial charge in [-0.05, 0) is 24.1 Å². The van der Waals surface area contributed by atoms with Gasteiger partial charge >= 0.3 is 5.97 Å². The van der Waals surface area contributed by atoms with Crippen LogP contribution < -0.4 is 5.32 Å². The molecule has 0 aliphatic heterocycles. The molecule has 0 aliphatic carbocycles. The van der Waals surface area contributed by atoms with Crippen LogP contribution in [0.3, 0.4) is 0 Å². The number of rotatable bonds is 5. The molecule has 0 aliphatic rings. The van der Waals surface area contributed by atoms with Gasteiger partial charge in [0.25, 0.3) is 5.91 Å². The van der Waals surface area contributed by atoms with Gasteiger partial charge in [-0.15, -0.1) is 0 Å². The van der Waals surface area contributed by atoms with Crippen molar-refractivity contribution >= 4 is 27.4 Å². The highest BCUT2D eigenvalue weighted by Gasteiger charge is 2.20. The van der Waals surface area contributed by atoms with Crippen LogP contribution in [-0.2, 0) is 16.9 Å². The number of sulfone groups is 1. The maximum Gasteiger partial charge on any atom is 0.335 e. The van der Waals surface area contributed by atoms with Crippen molar-refractivity contribution in [2.45, 2.75) is 24.7 Å². The lowest BCUT2D eigenvalue weighted by atomic mass is 10.1. The highest BCUT2D eigenvalue weighted by Crippen LogP contribution is 2.22.